The molecule has 1 N–H and O–H groups in total. The number of fused-ring (bicyclic) bond motifs is 1. The van der Waals surface area contributed by atoms with Crippen molar-refractivity contribution in [2.24, 2.45) is 0 Å². The van der Waals surface area contributed by atoms with Crippen molar-refractivity contribution in [1.29, 1.82) is 0 Å². The largest absolute Gasteiger partial charge is 0.339 e. The van der Waals surface area contributed by atoms with E-state index in [1.807, 2.05) is 0 Å². The average molecular weight is 371 g/mol. The van der Waals surface area contributed by atoms with Crippen molar-refractivity contribution >= 4 is 22.8 Å². The van der Waals surface area contributed by atoms with Crippen LogP contribution >= 0.6 is 11.6 Å². The Labute approximate surface area is 151 Å². The predicted octanol–water partition coefficient (Wildman–Crippen LogP) is 2.72. The van der Waals surface area contributed by atoms with Gasteiger partial charge in [0.1, 0.15) is 11.3 Å². The minimum Gasteiger partial charge on any atom is -0.339 e. The number of hydrogen-bond donors (Lipinski definition) is 1. The van der Waals surface area contributed by atoms with E-state index < -0.39 is 11.2 Å². The molecule has 0 aliphatic carbocycles. The highest BCUT2D eigenvalue weighted by Gasteiger charge is 2.17. The third-order valence-corrected chi connectivity index (χ3v) is 4.27. The molecule has 2 aromatic heterocycles. The molecule has 0 unspecified atom stereocenters. The predicted molar refractivity (Wildman–Crippen MR) is 96.5 cm³/mol. The normalized spacial score (nSPS) is 11.2. The van der Waals surface area contributed by atoms with Crippen LogP contribution < -0.4 is 11.2 Å². The van der Waals surface area contributed by atoms with E-state index in [1.165, 1.54) is 35.2 Å². The second-order valence-corrected chi connectivity index (χ2v) is 6.15. The molecular formula is C18H12ClFN4O2. The van der Waals surface area contributed by atoms with Crippen LogP contribution in [0, 0.1) is 5.82 Å². The molecule has 8 heteroatoms. The third-order valence-electron chi connectivity index (χ3n) is 4.03. The van der Waals surface area contributed by atoms with E-state index in [2.05, 4.69) is 9.97 Å². The van der Waals surface area contributed by atoms with Crippen LogP contribution in [0.1, 0.15) is 5.56 Å². The average Bonchev–Trinajstić information content (AvgIpc) is 3.10. The van der Waals surface area contributed by atoms with Crippen LogP contribution in [0.2, 0.25) is 5.02 Å². The molecule has 0 fully saturated rings. The number of nitrogens with zero attached hydrogens (tertiary/aromatic N) is 3. The van der Waals surface area contributed by atoms with Gasteiger partial charge in [-0.05, 0) is 35.9 Å². The first-order valence-electron chi connectivity index (χ1n) is 7.74. The Morgan fingerprint density at radius 3 is 2.62 bits per heavy atom. The number of H-pyrrole nitrogens is 1. The molecule has 4 rings (SSSR count). The van der Waals surface area contributed by atoms with Crippen LogP contribution in [0.4, 0.5) is 4.39 Å². The quantitative estimate of drug-likeness (QED) is 0.602. The number of aromatic amines is 1. The summed E-state index contributed by atoms with van der Waals surface area (Å²) in [4.78, 5) is 32.6. The molecular weight excluding hydrogens is 359 g/mol. The van der Waals surface area contributed by atoms with Gasteiger partial charge in [0.2, 0.25) is 0 Å². The van der Waals surface area contributed by atoms with Crippen molar-refractivity contribution in [3.8, 4) is 5.69 Å². The second-order valence-electron chi connectivity index (χ2n) is 5.72. The van der Waals surface area contributed by atoms with E-state index in [-0.39, 0.29) is 23.5 Å². The monoisotopic (exact) mass is 370 g/mol. The van der Waals surface area contributed by atoms with E-state index in [9.17, 15) is 14.0 Å². The molecule has 4 aromatic rings. The Morgan fingerprint density at radius 2 is 1.88 bits per heavy atom. The first-order valence-corrected chi connectivity index (χ1v) is 8.12. The van der Waals surface area contributed by atoms with Gasteiger partial charge in [-0.2, -0.15) is 0 Å². The molecule has 0 atom stereocenters. The van der Waals surface area contributed by atoms with Gasteiger partial charge in [-0.25, -0.2) is 18.7 Å². The highest BCUT2D eigenvalue weighted by molar-refractivity contribution is 6.30. The number of nitrogens with one attached hydrogen (secondary N) is 1. The second kappa shape index (κ2) is 6.27. The van der Waals surface area contributed by atoms with Gasteiger partial charge in [-0.15, -0.1) is 0 Å². The first kappa shape index (κ1) is 16.3. The summed E-state index contributed by atoms with van der Waals surface area (Å²) < 4.78 is 15.5. The molecule has 2 heterocycles. The minimum absolute atomic E-state index is 0.00741. The van der Waals surface area contributed by atoms with Gasteiger partial charge in [0.05, 0.1) is 18.6 Å². The Hall–Kier alpha value is -3.19. The third kappa shape index (κ3) is 2.72. The van der Waals surface area contributed by atoms with Gasteiger partial charge in [0, 0.05) is 5.02 Å². The van der Waals surface area contributed by atoms with Crippen LogP contribution in [0.5, 0.6) is 0 Å². The van der Waals surface area contributed by atoms with E-state index in [4.69, 9.17) is 11.6 Å². The lowest BCUT2D eigenvalue weighted by Gasteiger charge is -2.12. The van der Waals surface area contributed by atoms with Crippen LogP contribution in [0.15, 0.2) is 64.4 Å². The molecule has 0 spiro atoms. The maximum Gasteiger partial charge on any atom is 0.337 e. The summed E-state index contributed by atoms with van der Waals surface area (Å²) >= 11 is 6.04. The lowest BCUT2D eigenvalue weighted by molar-refractivity contribution is 0.624. The van der Waals surface area contributed by atoms with Gasteiger partial charge in [-0.1, -0.05) is 29.8 Å². The maximum absolute atomic E-state index is 13.1. The molecule has 0 saturated carbocycles. The number of aromatic nitrogens is 4. The fourth-order valence-corrected chi connectivity index (χ4v) is 2.99. The van der Waals surface area contributed by atoms with E-state index in [0.29, 0.717) is 16.3 Å². The molecule has 130 valence electrons. The smallest absolute Gasteiger partial charge is 0.337 e. The number of rotatable bonds is 3. The fraction of sp³-hybridized carbons (Fsp3) is 0.0556. The Bertz CT molecular complexity index is 1220. The molecule has 0 amide bonds. The highest BCUT2D eigenvalue weighted by atomic mass is 35.5. The topological polar surface area (TPSA) is 72.7 Å². The van der Waals surface area contributed by atoms with Crippen LogP contribution in [0.25, 0.3) is 16.9 Å². The number of halogens is 2. The fourth-order valence-electron chi connectivity index (χ4n) is 2.81. The lowest BCUT2D eigenvalue weighted by atomic mass is 10.2. The zero-order chi connectivity index (χ0) is 18.3. The van der Waals surface area contributed by atoms with Crippen molar-refractivity contribution < 1.29 is 4.39 Å². The van der Waals surface area contributed by atoms with Gasteiger partial charge in [0.15, 0.2) is 5.65 Å². The van der Waals surface area contributed by atoms with E-state index in [1.54, 1.807) is 24.3 Å². The Kier molecular flexibility index (Phi) is 3.93. The first-order chi connectivity index (χ1) is 12.5. The zero-order valence-electron chi connectivity index (χ0n) is 13.3. The minimum atomic E-state index is -0.554. The SMILES string of the molecule is O=c1c2[nH]cnc2n(-c2cccc(Cl)c2)c(=O)n1Cc1ccc(F)cc1. The van der Waals surface area contributed by atoms with Crippen LogP contribution in [-0.4, -0.2) is 19.1 Å². The standard InChI is InChI=1S/C18H12ClFN4O2/c19-12-2-1-3-14(8-12)24-16-15(21-10-22-16)17(25)23(18(24)26)9-11-4-6-13(20)7-5-11/h1-8,10H,9H2,(H,21,22). The van der Waals surface area contributed by atoms with Gasteiger partial charge < -0.3 is 4.98 Å². The number of imidazole rings is 1. The number of benzene rings is 2. The van der Waals surface area contributed by atoms with Crippen molar-refractivity contribution in [3.05, 3.63) is 92.1 Å². The van der Waals surface area contributed by atoms with E-state index >= 15 is 0 Å². The van der Waals surface area contributed by atoms with Crippen molar-refractivity contribution in [2.75, 3.05) is 0 Å². The van der Waals surface area contributed by atoms with Crippen molar-refractivity contribution in [3.63, 3.8) is 0 Å². The zero-order valence-corrected chi connectivity index (χ0v) is 14.1. The Morgan fingerprint density at radius 1 is 1.12 bits per heavy atom. The summed E-state index contributed by atoms with van der Waals surface area (Å²) in [6.45, 7) is 0.00741. The van der Waals surface area contributed by atoms with Gasteiger partial charge in [0.25, 0.3) is 5.56 Å². The molecule has 6 nitrogen and oxygen atoms in total. The molecule has 0 bridgehead atoms. The molecule has 0 aliphatic heterocycles. The van der Waals surface area contributed by atoms with Gasteiger partial charge in [-0.3, -0.25) is 9.36 Å². The van der Waals surface area contributed by atoms with Crippen LogP contribution in [0.3, 0.4) is 0 Å². The molecule has 2 aromatic carbocycles. The summed E-state index contributed by atoms with van der Waals surface area (Å²) in [6, 6.07) is 12.3. The van der Waals surface area contributed by atoms with Gasteiger partial charge >= 0.3 is 5.69 Å². The van der Waals surface area contributed by atoms with Crippen LogP contribution in [-0.2, 0) is 6.54 Å². The van der Waals surface area contributed by atoms with Crippen molar-refractivity contribution in [2.45, 2.75) is 6.54 Å². The summed E-state index contributed by atoms with van der Waals surface area (Å²) in [5.74, 6) is -0.388. The molecule has 0 saturated heterocycles. The molecule has 26 heavy (non-hydrogen) atoms. The highest BCUT2D eigenvalue weighted by Crippen LogP contribution is 2.16. The summed E-state index contributed by atoms with van der Waals surface area (Å²) in [5, 5.41) is 0.453. The Balaban J connectivity index is 1.98. The molecule has 0 aliphatic rings. The van der Waals surface area contributed by atoms with Crippen molar-refractivity contribution in [1.82, 2.24) is 19.1 Å². The molecule has 0 radical (unpaired) electrons. The van der Waals surface area contributed by atoms with E-state index in [0.717, 1.165) is 4.57 Å². The lowest BCUT2D eigenvalue weighted by Crippen LogP contribution is -2.39. The summed E-state index contributed by atoms with van der Waals surface area (Å²) in [5.41, 5.74) is 0.491. The summed E-state index contributed by atoms with van der Waals surface area (Å²) in [7, 11) is 0. The summed E-state index contributed by atoms with van der Waals surface area (Å²) in [6.07, 6.45) is 1.36. The number of hydrogen-bond acceptors (Lipinski definition) is 3. The maximum atomic E-state index is 13.1.